The normalized spacial score (nSPS) is 27.6. The topological polar surface area (TPSA) is 76.4 Å². The smallest absolute Gasteiger partial charge is 0.416 e. The van der Waals surface area contributed by atoms with Crippen molar-refractivity contribution >= 4 is 9.84 Å². The van der Waals surface area contributed by atoms with E-state index in [1.54, 1.807) is 0 Å². The van der Waals surface area contributed by atoms with Gasteiger partial charge in [-0.25, -0.2) is 17.2 Å². The lowest BCUT2D eigenvalue weighted by molar-refractivity contribution is -0.137. The van der Waals surface area contributed by atoms with Crippen molar-refractivity contribution in [2.24, 2.45) is 5.92 Å². The summed E-state index contributed by atoms with van der Waals surface area (Å²) in [6, 6.07) is 6.18. The van der Waals surface area contributed by atoms with Crippen LogP contribution in [0.4, 0.5) is 22.0 Å². The SMILES string of the molecule is C[C@]1(C#N)OCC[C@]2(S(=O)(=O)c3ccc(C(F)(F)F)cc3)c3c(F)ccc(F)c3OC[C@@H]12. The molecular formula is C21H16F5NO4S. The first-order valence-electron chi connectivity index (χ1n) is 9.47. The van der Waals surface area contributed by atoms with E-state index in [9.17, 15) is 31.2 Å². The fraction of sp³-hybridized carbons (Fsp3) is 0.381. The summed E-state index contributed by atoms with van der Waals surface area (Å²) in [5.74, 6) is -3.94. The molecule has 0 bridgehead atoms. The molecule has 5 nitrogen and oxygen atoms in total. The largest absolute Gasteiger partial charge is 0.490 e. The summed E-state index contributed by atoms with van der Waals surface area (Å²) in [7, 11) is -4.66. The highest BCUT2D eigenvalue weighted by molar-refractivity contribution is 7.92. The van der Waals surface area contributed by atoms with E-state index in [0.29, 0.717) is 12.1 Å². The van der Waals surface area contributed by atoms with Crippen molar-refractivity contribution in [2.45, 2.75) is 34.8 Å². The van der Waals surface area contributed by atoms with Gasteiger partial charge in [-0.15, -0.1) is 0 Å². The monoisotopic (exact) mass is 473 g/mol. The Balaban J connectivity index is 2.02. The number of ether oxygens (including phenoxy) is 2. The fourth-order valence-corrected chi connectivity index (χ4v) is 6.96. The van der Waals surface area contributed by atoms with Gasteiger partial charge in [-0.1, -0.05) is 0 Å². The van der Waals surface area contributed by atoms with Gasteiger partial charge in [0.05, 0.1) is 41.2 Å². The van der Waals surface area contributed by atoms with Crippen LogP contribution in [-0.4, -0.2) is 27.2 Å². The lowest BCUT2D eigenvalue weighted by atomic mass is 9.71. The maximum atomic E-state index is 15.1. The number of nitrogens with zero attached hydrogens (tertiary/aromatic N) is 1. The van der Waals surface area contributed by atoms with E-state index in [0.717, 1.165) is 24.3 Å². The number of nitriles is 1. The van der Waals surface area contributed by atoms with Crippen LogP contribution in [0.2, 0.25) is 0 Å². The Morgan fingerprint density at radius 1 is 1.09 bits per heavy atom. The molecule has 2 aromatic rings. The number of alkyl halides is 3. The maximum Gasteiger partial charge on any atom is 0.416 e. The molecule has 170 valence electrons. The predicted octanol–water partition coefficient (Wildman–Crippen LogP) is 4.36. The molecule has 3 atom stereocenters. The highest BCUT2D eigenvalue weighted by Gasteiger charge is 2.65. The van der Waals surface area contributed by atoms with Gasteiger partial charge in [0.25, 0.3) is 0 Å². The summed E-state index contributed by atoms with van der Waals surface area (Å²) in [5, 5.41) is 9.72. The zero-order valence-corrected chi connectivity index (χ0v) is 17.4. The quantitative estimate of drug-likeness (QED) is 0.606. The Kier molecular flexibility index (Phi) is 5.02. The molecule has 1 saturated heterocycles. The second kappa shape index (κ2) is 7.15. The van der Waals surface area contributed by atoms with Crippen LogP contribution >= 0.6 is 0 Å². The van der Waals surface area contributed by atoms with Gasteiger partial charge in [0, 0.05) is 0 Å². The van der Waals surface area contributed by atoms with Crippen LogP contribution in [-0.2, 0) is 25.5 Å². The van der Waals surface area contributed by atoms with Crippen LogP contribution in [0.15, 0.2) is 41.3 Å². The van der Waals surface area contributed by atoms with Gasteiger partial charge in [0.15, 0.2) is 27.0 Å². The third kappa shape index (κ3) is 3.00. The maximum absolute atomic E-state index is 15.1. The van der Waals surface area contributed by atoms with Crippen molar-refractivity contribution in [3.63, 3.8) is 0 Å². The van der Waals surface area contributed by atoms with Crippen LogP contribution < -0.4 is 4.74 Å². The minimum absolute atomic E-state index is 0.282. The predicted molar refractivity (Wildman–Crippen MR) is 100 cm³/mol. The molecule has 2 aromatic carbocycles. The molecule has 2 aliphatic heterocycles. The summed E-state index contributed by atoms with van der Waals surface area (Å²) in [4.78, 5) is -0.519. The Bertz CT molecular complexity index is 1220. The first kappa shape index (κ1) is 22.5. The van der Waals surface area contributed by atoms with E-state index in [1.165, 1.54) is 6.92 Å². The lowest BCUT2D eigenvalue weighted by Crippen LogP contribution is -2.61. The average molecular weight is 473 g/mol. The van der Waals surface area contributed by atoms with Gasteiger partial charge in [0.2, 0.25) is 0 Å². The number of rotatable bonds is 2. The van der Waals surface area contributed by atoms with Crippen LogP contribution in [0.3, 0.4) is 0 Å². The van der Waals surface area contributed by atoms with E-state index < -0.39 is 72.3 Å². The summed E-state index contributed by atoms with van der Waals surface area (Å²) in [6.45, 7) is 0.562. The van der Waals surface area contributed by atoms with Crippen molar-refractivity contribution in [2.75, 3.05) is 13.2 Å². The van der Waals surface area contributed by atoms with Gasteiger partial charge in [-0.05, 0) is 49.7 Å². The molecule has 32 heavy (non-hydrogen) atoms. The molecule has 11 heteroatoms. The second-order valence-corrected chi connectivity index (χ2v) is 10.0. The van der Waals surface area contributed by atoms with Crippen LogP contribution in [0, 0.1) is 28.9 Å². The van der Waals surface area contributed by atoms with Crippen LogP contribution in [0.25, 0.3) is 0 Å². The van der Waals surface area contributed by atoms with Crippen molar-refractivity contribution < 1.29 is 39.8 Å². The van der Waals surface area contributed by atoms with E-state index >= 15 is 4.39 Å². The third-order valence-corrected chi connectivity index (χ3v) is 8.72. The minimum Gasteiger partial charge on any atom is -0.490 e. The standard InChI is InChI=1S/C21H16F5NO4S/c1-19(11-27)16-10-30-18-15(23)7-6-14(22)17(18)20(16,8-9-31-19)32(28,29)13-4-2-12(3-5-13)21(24,25)26/h2-7,16H,8-10H2,1H3/t16-,19+,20+/m0/s1. The first-order valence-corrected chi connectivity index (χ1v) is 11.0. The zero-order valence-electron chi connectivity index (χ0n) is 16.5. The number of fused-ring (bicyclic) bond motifs is 3. The van der Waals surface area contributed by atoms with Crippen LogP contribution in [0.5, 0.6) is 5.75 Å². The highest BCUT2D eigenvalue weighted by atomic mass is 32.2. The highest BCUT2D eigenvalue weighted by Crippen LogP contribution is 2.57. The number of hydrogen-bond donors (Lipinski definition) is 0. The second-order valence-electron chi connectivity index (χ2n) is 7.83. The van der Waals surface area contributed by atoms with Gasteiger partial charge >= 0.3 is 6.18 Å². The summed E-state index contributed by atoms with van der Waals surface area (Å²) in [6.07, 6.45) is -5.04. The van der Waals surface area contributed by atoms with Crippen LogP contribution in [0.1, 0.15) is 24.5 Å². The molecule has 0 spiro atoms. The van der Waals surface area contributed by atoms with E-state index in [4.69, 9.17) is 9.47 Å². The Hall–Kier alpha value is -2.71. The molecule has 2 aliphatic rings. The molecule has 0 aromatic heterocycles. The molecule has 2 heterocycles. The molecule has 0 saturated carbocycles. The Morgan fingerprint density at radius 3 is 2.31 bits per heavy atom. The molecule has 0 radical (unpaired) electrons. The van der Waals surface area contributed by atoms with Gasteiger partial charge < -0.3 is 9.47 Å². The molecular weight excluding hydrogens is 457 g/mol. The number of halogens is 5. The van der Waals surface area contributed by atoms with Crippen molar-refractivity contribution in [1.82, 2.24) is 0 Å². The fourth-order valence-electron chi connectivity index (χ4n) is 4.56. The van der Waals surface area contributed by atoms with E-state index in [2.05, 4.69) is 0 Å². The lowest BCUT2D eigenvalue weighted by Gasteiger charge is -2.52. The van der Waals surface area contributed by atoms with Gasteiger partial charge in [-0.3, -0.25) is 0 Å². The molecule has 4 rings (SSSR count). The number of benzene rings is 2. The number of sulfone groups is 1. The van der Waals surface area contributed by atoms with Gasteiger partial charge in [-0.2, -0.15) is 18.4 Å². The zero-order chi connectivity index (χ0) is 23.5. The molecule has 0 unspecified atom stereocenters. The average Bonchev–Trinajstić information content (AvgIpc) is 2.75. The Labute approximate surface area is 180 Å². The Morgan fingerprint density at radius 2 is 1.72 bits per heavy atom. The molecule has 0 N–H and O–H groups in total. The van der Waals surface area contributed by atoms with Crippen molar-refractivity contribution in [1.29, 1.82) is 5.26 Å². The minimum atomic E-state index is -4.69. The van der Waals surface area contributed by atoms with Crippen molar-refractivity contribution in [3.05, 3.63) is 59.2 Å². The summed E-state index contributed by atoms with van der Waals surface area (Å²) < 4.78 is 105. The molecule has 0 amide bonds. The third-order valence-electron chi connectivity index (χ3n) is 6.17. The van der Waals surface area contributed by atoms with E-state index in [1.807, 2.05) is 6.07 Å². The molecule has 0 aliphatic carbocycles. The molecule has 1 fully saturated rings. The summed E-state index contributed by atoms with van der Waals surface area (Å²) in [5.41, 5.74) is -3.39. The number of hydrogen-bond acceptors (Lipinski definition) is 5. The van der Waals surface area contributed by atoms with Gasteiger partial charge in [0.1, 0.15) is 10.6 Å². The van der Waals surface area contributed by atoms with E-state index in [-0.39, 0.29) is 13.0 Å². The van der Waals surface area contributed by atoms with Crippen molar-refractivity contribution in [3.8, 4) is 11.8 Å². The summed E-state index contributed by atoms with van der Waals surface area (Å²) >= 11 is 0. The first-order chi connectivity index (χ1) is 14.9.